The molecule has 1 aromatic heterocycles. The summed E-state index contributed by atoms with van der Waals surface area (Å²) in [5.41, 5.74) is -3.02. The molecule has 0 aromatic carbocycles. The molecule has 7 heteroatoms. The van der Waals surface area contributed by atoms with Crippen molar-refractivity contribution in [3.63, 3.8) is 0 Å². The molecule has 1 aromatic rings. The van der Waals surface area contributed by atoms with E-state index < -0.39 is 18.2 Å². The maximum atomic E-state index is 12.2. The number of hydrogen-bond donors (Lipinski definition) is 1. The number of aliphatic hydroxyl groups is 1. The van der Waals surface area contributed by atoms with Crippen LogP contribution in [0.25, 0.3) is 0 Å². The van der Waals surface area contributed by atoms with Crippen molar-refractivity contribution in [2.75, 3.05) is 0 Å². The lowest BCUT2D eigenvalue weighted by molar-refractivity contribution is -0.252. The van der Waals surface area contributed by atoms with E-state index in [0.717, 1.165) is 0 Å². The lowest BCUT2D eigenvalue weighted by Crippen LogP contribution is -2.44. The van der Waals surface area contributed by atoms with E-state index in [0.29, 0.717) is 18.5 Å². The summed E-state index contributed by atoms with van der Waals surface area (Å²) < 4.78 is 47.0. The summed E-state index contributed by atoms with van der Waals surface area (Å²) in [7, 11) is 0. The Bertz CT molecular complexity index is 325. The monoisotopic (exact) mass is 213 g/mol. The van der Waals surface area contributed by atoms with Crippen LogP contribution in [0.5, 0.6) is 0 Å². The van der Waals surface area contributed by atoms with Crippen LogP contribution in [0.2, 0.25) is 0 Å². The highest BCUT2D eigenvalue weighted by atomic mass is 32.1. The first-order valence-electron chi connectivity index (χ1n) is 3.81. The van der Waals surface area contributed by atoms with Crippen LogP contribution in [-0.2, 0) is 6.42 Å². The first-order chi connectivity index (χ1) is 6.22. The summed E-state index contributed by atoms with van der Waals surface area (Å²) in [6.07, 6.45) is -5.45. The number of aromatic nitrogens is 2. The molecular weight excluding hydrogens is 205 g/mol. The Morgan fingerprint density at radius 2 is 2.31 bits per heavy atom. The summed E-state index contributed by atoms with van der Waals surface area (Å²) in [5, 5.41) is 9.05. The third-order valence-electron chi connectivity index (χ3n) is 1.48. The summed E-state index contributed by atoms with van der Waals surface area (Å²) >= 11 is 0.683. The maximum Gasteiger partial charge on any atom is 0.417 e. The molecule has 1 N–H and O–H groups in total. The van der Waals surface area contributed by atoms with Crippen molar-refractivity contribution in [3.05, 3.63) is 11.3 Å². The van der Waals surface area contributed by atoms with Crippen LogP contribution in [-0.4, -0.2) is 26.2 Å². The van der Waals surface area contributed by atoms with Gasteiger partial charge >= 0.3 is 6.18 Å². The molecule has 3 nitrogen and oxygen atoms in total. The fourth-order valence-corrected chi connectivity index (χ4v) is 1.04. The molecule has 1 heterocycles. The molecule has 0 saturated heterocycles. The van der Waals surface area contributed by atoms with Gasteiger partial charge in [-0.1, -0.05) is 0 Å². The van der Waals surface area contributed by atoms with Crippen LogP contribution >= 0.6 is 11.5 Å². The maximum absolute atomic E-state index is 12.2. The molecule has 0 bridgehead atoms. The SMILES string of the molecule is [2H]c1nc(CC(C)(O)C(F)(F)F)ns1. The van der Waals surface area contributed by atoms with Gasteiger partial charge in [-0.3, -0.25) is 0 Å². The van der Waals surface area contributed by atoms with E-state index in [1.54, 1.807) is 0 Å². The lowest BCUT2D eigenvalue weighted by atomic mass is 10.0. The molecule has 13 heavy (non-hydrogen) atoms. The minimum Gasteiger partial charge on any atom is -0.380 e. The fourth-order valence-electron chi connectivity index (χ4n) is 0.647. The third kappa shape index (κ3) is 2.38. The Labute approximate surface area is 77.8 Å². The topological polar surface area (TPSA) is 46.0 Å². The minimum absolute atomic E-state index is 0.165. The van der Waals surface area contributed by atoms with Crippen molar-refractivity contribution in [1.82, 2.24) is 9.36 Å². The molecule has 74 valence electrons. The molecule has 1 rings (SSSR count). The van der Waals surface area contributed by atoms with Gasteiger partial charge in [0.2, 0.25) is 0 Å². The average molecular weight is 213 g/mol. The van der Waals surface area contributed by atoms with Crippen LogP contribution in [0.4, 0.5) is 13.2 Å². The first kappa shape index (κ1) is 8.89. The standard InChI is InChI=1S/C6H7F3N2OS/c1-5(12,6(7,8)9)2-4-10-3-13-11-4/h3,12H,2H2,1H3/i3D. The Morgan fingerprint density at radius 3 is 2.69 bits per heavy atom. The number of hydrogen-bond acceptors (Lipinski definition) is 4. The van der Waals surface area contributed by atoms with Crippen LogP contribution in [0, 0.1) is 0 Å². The molecule has 0 fully saturated rings. The van der Waals surface area contributed by atoms with Gasteiger partial charge in [-0.05, 0) is 18.5 Å². The van der Waals surface area contributed by atoms with E-state index >= 15 is 0 Å². The van der Waals surface area contributed by atoms with Crippen molar-refractivity contribution >= 4 is 11.5 Å². The van der Waals surface area contributed by atoms with Gasteiger partial charge in [0.25, 0.3) is 0 Å². The van der Waals surface area contributed by atoms with Crippen LogP contribution in [0.15, 0.2) is 5.49 Å². The summed E-state index contributed by atoms with van der Waals surface area (Å²) in [6.45, 7) is 0.650. The highest BCUT2D eigenvalue weighted by Gasteiger charge is 2.50. The summed E-state index contributed by atoms with van der Waals surface area (Å²) in [4.78, 5) is 3.42. The van der Waals surface area contributed by atoms with E-state index in [2.05, 4.69) is 9.36 Å². The van der Waals surface area contributed by atoms with Crippen LogP contribution in [0.1, 0.15) is 14.1 Å². The van der Waals surface area contributed by atoms with Gasteiger partial charge in [0.05, 0.1) is 1.37 Å². The number of nitrogens with zero attached hydrogens (tertiary/aromatic N) is 2. The van der Waals surface area contributed by atoms with Crippen molar-refractivity contribution < 1.29 is 19.6 Å². The molecule has 0 amide bonds. The Morgan fingerprint density at radius 1 is 1.69 bits per heavy atom. The normalized spacial score (nSPS) is 18.1. The highest BCUT2D eigenvalue weighted by Crippen LogP contribution is 2.32. The zero-order valence-corrected chi connectivity index (χ0v) is 7.41. The molecule has 0 radical (unpaired) electrons. The van der Waals surface area contributed by atoms with Crippen molar-refractivity contribution in [1.29, 1.82) is 0 Å². The van der Waals surface area contributed by atoms with Gasteiger partial charge in [-0.2, -0.15) is 17.5 Å². The number of alkyl halides is 3. The van der Waals surface area contributed by atoms with E-state index in [1.165, 1.54) is 0 Å². The third-order valence-corrected chi connectivity index (χ3v) is 1.95. The second-order valence-corrected chi connectivity index (χ2v) is 3.30. The second kappa shape index (κ2) is 3.22. The molecule has 0 saturated carbocycles. The summed E-state index contributed by atoms with van der Waals surface area (Å²) in [5.74, 6) is -0.165. The lowest BCUT2D eigenvalue weighted by Gasteiger charge is -2.24. The van der Waals surface area contributed by atoms with E-state index in [-0.39, 0.29) is 11.3 Å². The quantitative estimate of drug-likeness (QED) is 0.807. The van der Waals surface area contributed by atoms with Crippen LogP contribution in [0.3, 0.4) is 0 Å². The predicted octanol–water partition coefficient (Wildman–Crippen LogP) is 1.39. The van der Waals surface area contributed by atoms with Gasteiger partial charge in [-0.15, -0.1) is 0 Å². The molecule has 0 spiro atoms. The Hall–Kier alpha value is -0.690. The first-order valence-corrected chi connectivity index (χ1v) is 4.08. The minimum atomic E-state index is -4.72. The fraction of sp³-hybridized carbons (Fsp3) is 0.667. The largest absolute Gasteiger partial charge is 0.417 e. The van der Waals surface area contributed by atoms with Crippen molar-refractivity contribution in [2.24, 2.45) is 0 Å². The Kier molecular flexibility index (Phi) is 2.20. The zero-order chi connectivity index (χ0) is 11.0. The molecule has 0 aliphatic heterocycles. The van der Waals surface area contributed by atoms with Gasteiger partial charge < -0.3 is 5.11 Å². The number of rotatable bonds is 2. The van der Waals surface area contributed by atoms with E-state index in [4.69, 9.17) is 6.48 Å². The second-order valence-electron chi connectivity index (χ2n) is 2.75. The zero-order valence-electron chi connectivity index (χ0n) is 7.59. The van der Waals surface area contributed by atoms with Crippen molar-refractivity contribution in [2.45, 2.75) is 25.1 Å². The molecule has 0 aliphatic rings. The molecule has 1 atom stereocenters. The molecule has 0 aliphatic carbocycles. The highest BCUT2D eigenvalue weighted by molar-refractivity contribution is 7.03. The van der Waals surface area contributed by atoms with Crippen LogP contribution < -0.4 is 0 Å². The molecular formula is C6H7F3N2OS. The smallest absolute Gasteiger partial charge is 0.380 e. The van der Waals surface area contributed by atoms with Crippen molar-refractivity contribution in [3.8, 4) is 0 Å². The van der Waals surface area contributed by atoms with E-state index in [9.17, 15) is 13.2 Å². The average Bonchev–Trinajstić information content (AvgIpc) is 2.31. The van der Waals surface area contributed by atoms with E-state index in [1.807, 2.05) is 0 Å². The summed E-state index contributed by atoms with van der Waals surface area (Å²) in [6, 6.07) is 0. The van der Waals surface area contributed by atoms with Gasteiger partial charge in [0.15, 0.2) is 5.60 Å². The Balaban J connectivity index is 2.78. The van der Waals surface area contributed by atoms with Gasteiger partial charge in [0, 0.05) is 6.42 Å². The predicted molar refractivity (Wildman–Crippen MR) is 40.3 cm³/mol. The number of halogens is 3. The van der Waals surface area contributed by atoms with Gasteiger partial charge in [-0.25, -0.2) is 4.98 Å². The molecule has 1 unspecified atom stereocenters. The van der Waals surface area contributed by atoms with Gasteiger partial charge in [0.1, 0.15) is 11.3 Å².